The van der Waals surface area contributed by atoms with Crippen LogP contribution in [0.4, 0.5) is 16.2 Å². The number of phenolic OH excluding ortho intramolecular Hbond substituents is 1. The smallest absolute Gasteiger partial charge is 0.323 e. The maximum Gasteiger partial charge on any atom is 0.323 e. The Morgan fingerprint density at radius 1 is 0.885 bits per heavy atom. The fraction of sp³-hybridized carbons (Fsp3) is 0.189. The van der Waals surface area contributed by atoms with E-state index in [2.05, 4.69) is 36.3 Å². The molecule has 0 saturated carbocycles. The van der Waals surface area contributed by atoms with Gasteiger partial charge < -0.3 is 20.5 Å². The SMILES string of the molecule is O=C(CN1CCN(Cc2csc(-c3ccc(NC(=O)Nc4cccc(Cl)c4)cc3)n2)CC1)N/N=C/c1ccc(OCc2ccc(Cl)cc2Cl)cc1O. The maximum atomic E-state index is 12.6. The van der Waals surface area contributed by atoms with Crippen molar-refractivity contribution in [3.63, 3.8) is 0 Å². The van der Waals surface area contributed by atoms with Gasteiger partial charge in [0.05, 0.1) is 18.5 Å². The molecule has 4 aromatic carbocycles. The summed E-state index contributed by atoms with van der Waals surface area (Å²) >= 11 is 19.7. The van der Waals surface area contributed by atoms with Crippen molar-refractivity contribution in [2.75, 3.05) is 43.4 Å². The number of phenols is 1. The molecule has 268 valence electrons. The number of hydrogen-bond acceptors (Lipinski definition) is 9. The number of rotatable bonds is 12. The Hall–Kier alpha value is -4.69. The van der Waals surface area contributed by atoms with Gasteiger partial charge in [-0.1, -0.05) is 46.9 Å². The molecule has 1 saturated heterocycles. The van der Waals surface area contributed by atoms with Gasteiger partial charge in [0.2, 0.25) is 0 Å². The Labute approximate surface area is 319 Å². The fourth-order valence-corrected chi connectivity index (χ4v) is 6.81. The van der Waals surface area contributed by atoms with Crippen LogP contribution < -0.4 is 20.8 Å². The lowest BCUT2D eigenvalue weighted by Gasteiger charge is -2.33. The van der Waals surface area contributed by atoms with Crippen molar-refractivity contribution in [2.24, 2.45) is 5.10 Å². The van der Waals surface area contributed by atoms with Gasteiger partial charge in [-0.15, -0.1) is 11.3 Å². The molecule has 0 spiro atoms. The zero-order valence-corrected chi connectivity index (χ0v) is 30.8. The highest BCUT2D eigenvalue weighted by Crippen LogP contribution is 2.27. The van der Waals surface area contributed by atoms with E-state index in [1.54, 1.807) is 65.9 Å². The summed E-state index contributed by atoms with van der Waals surface area (Å²) in [5, 5.41) is 24.6. The van der Waals surface area contributed by atoms with Gasteiger partial charge >= 0.3 is 6.03 Å². The second kappa shape index (κ2) is 17.7. The fourth-order valence-electron chi connectivity index (χ4n) is 5.34. The molecule has 0 bridgehead atoms. The molecule has 0 atom stereocenters. The van der Waals surface area contributed by atoms with Crippen molar-refractivity contribution in [2.45, 2.75) is 13.2 Å². The second-order valence-corrected chi connectivity index (χ2v) is 14.0. The van der Waals surface area contributed by atoms with Crippen molar-refractivity contribution in [3.8, 4) is 22.1 Å². The number of urea groups is 1. The Balaban J connectivity index is 0.896. The number of piperazine rings is 1. The topological polar surface area (TPSA) is 131 Å². The molecule has 6 rings (SSSR count). The Kier molecular flexibility index (Phi) is 12.6. The molecule has 1 aliphatic heterocycles. The number of amides is 3. The van der Waals surface area contributed by atoms with Gasteiger partial charge in [0, 0.05) is 87.3 Å². The summed E-state index contributed by atoms with van der Waals surface area (Å²) in [6, 6.07) is 24.1. The van der Waals surface area contributed by atoms with Crippen LogP contribution in [0.15, 0.2) is 95.4 Å². The average molecular weight is 779 g/mol. The molecule has 0 aliphatic carbocycles. The number of benzene rings is 4. The standard InChI is InChI=1S/C37H34Cl3N7O4S/c38-27-2-1-3-30(16-27)44-37(50)43-29-9-5-24(6-10-29)36-42-31(23-52-36)20-46-12-14-47(15-13-46)21-35(49)45-41-19-25-7-11-32(18-34(25)48)51-22-26-4-8-28(39)17-33(26)40/h1-11,16-19,23,48H,12-15,20-22H2,(H,45,49)(H2,43,44,50)/b41-19+. The number of ether oxygens (including phenoxy) is 1. The third-order valence-electron chi connectivity index (χ3n) is 8.05. The monoisotopic (exact) mass is 777 g/mol. The van der Waals surface area contributed by atoms with Crippen LogP contribution in [0.25, 0.3) is 10.6 Å². The van der Waals surface area contributed by atoms with Gasteiger partial charge in [0.15, 0.2) is 0 Å². The van der Waals surface area contributed by atoms with Crippen LogP contribution in [0.3, 0.4) is 0 Å². The van der Waals surface area contributed by atoms with E-state index in [1.807, 2.05) is 24.3 Å². The van der Waals surface area contributed by atoms with Gasteiger partial charge in [-0.2, -0.15) is 5.10 Å². The van der Waals surface area contributed by atoms with Crippen LogP contribution in [0.5, 0.6) is 11.5 Å². The number of carbonyl (C=O) groups excluding carboxylic acids is 2. The maximum absolute atomic E-state index is 12.6. The Morgan fingerprint density at radius 3 is 2.38 bits per heavy atom. The summed E-state index contributed by atoms with van der Waals surface area (Å²) in [5.41, 5.74) is 6.96. The van der Waals surface area contributed by atoms with E-state index in [-0.39, 0.29) is 30.8 Å². The minimum atomic E-state index is -0.357. The van der Waals surface area contributed by atoms with E-state index in [4.69, 9.17) is 44.5 Å². The average Bonchev–Trinajstić information content (AvgIpc) is 3.58. The first-order chi connectivity index (χ1) is 25.2. The number of aromatic nitrogens is 1. The number of hydrogen-bond donors (Lipinski definition) is 4. The van der Waals surface area contributed by atoms with Crippen LogP contribution in [-0.2, 0) is 17.9 Å². The molecule has 4 N–H and O–H groups in total. The van der Waals surface area contributed by atoms with Crippen LogP contribution in [-0.4, -0.2) is 70.8 Å². The van der Waals surface area contributed by atoms with Crippen molar-refractivity contribution in [1.29, 1.82) is 0 Å². The minimum Gasteiger partial charge on any atom is -0.507 e. The normalized spacial score (nSPS) is 13.6. The molecule has 0 unspecified atom stereocenters. The van der Waals surface area contributed by atoms with E-state index in [0.717, 1.165) is 48.0 Å². The molecule has 1 fully saturated rings. The van der Waals surface area contributed by atoms with Gasteiger partial charge in [-0.3, -0.25) is 14.6 Å². The summed E-state index contributed by atoms with van der Waals surface area (Å²) in [6.45, 7) is 4.21. The van der Waals surface area contributed by atoms with Crippen molar-refractivity contribution in [3.05, 3.63) is 122 Å². The molecule has 1 aliphatic rings. The van der Waals surface area contributed by atoms with Crippen molar-refractivity contribution in [1.82, 2.24) is 20.2 Å². The molecule has 0 radical (unpaired) electrons. The van der Waals surface area contributed by atoms with E-state index in [0.29, 0.717) is 44.3 Å². The van der Waals surface area contributed by atoms with Gasteiger partial charge in [0.1, 0.15) is 23.1 Å². The molecule has 3 amide bonds. The molecule has 11 nitrogen and oxygen atoms in total. The number of nitrogens with zero attached hydrogens (tertiary/aromatic N) is 4. The first-order valence-corrected chi connectivity index (χ1v) is 18.2. The number of anilines is 2. The number of hydrazone groups is 1. The van der Waals surface area contributed by atoms with E-state index in [9.17, 15) is 14.7 Å². The lowest BCUT2D eigenvalue weighted by Crippen LogP contribution is -2.48. The van der Waals surface area contributed by atoms with E-state index in [1.165, 1.54) is 12.3 Å². The highest BCUT2D eigenvalue weighted by molar-refractivity contribution is 7.13. The number of nitrogens with one attached hydrogen (secondary N) is 3. The van der Waals surface area contributed by atoms with Crippen LogP contribution in [0.1, 0.15) is 16.8 Å². The molecule has 2 heterocycles. The Morgan fingerprint density at radius 2 is 1.63 bits per heavy atom. The van der Waals surface area contributed by atoms with Crippen molar-refractivity contribution >= 4 is 75.7 Å². The summed E-state index contributed by atoms with van der Waals surface area (Å²) in [4.78, 5) is 34.1. The summed E-state index contributed by atoms with van der Waals surface area (Å²) < 4.78 is 5.74. The van der Waals surface area contributed by atoms with Crippen LogP contribution in [0.2, 0.25) is 15.1 Å². The largest absolute Gasteiger partial charge is 0.507 e. The number of carbonyl (C=O) groups is 2. The highest BCUT2D eigenvalue weighted by atomic mass is 35.5. The predicted molar refractivity (Wildman–Crippen MR) is 208 cm³/mol. The van der Waals surface area contributed by atoms with Crippen LogP contribution in [0, 0.1) is 0 Å². The summed E-state index contributed by atoms with van der Waals surface area (Å²) in [6.07, 6.45) is 1.39. The first kappa shape index (κ1) is 37.1. The zero-order valence-electron chi connectivity index (χ0n) is 27.7. The quantitative estimate of drug-likeness (QED) is 0.0747. The first-order valence-electron chi connectivity index (χ1n) is 16.2. The number of aromatic hydroxyl groups is 1. The molecule has 52 heavy (non-hydrogen) atoms. The number of halogens is 3. The lowest BCUT2D eigenvalue weighted by molar-refractivity contribution is -0.122. The molecular weight excluding hydrogens is 745 g/mol. The summed E-state index contributed by atoms with van der Waals surface area (Å²) in [7, 11) is 0. The lowest BCUT2D eigenvalue weighted by atomic mass is 10.2. The number of thiazole rings is 1. The third-order valence-corrected chi connectivity index (χ3v) is 9.81. The molecule has 15 heteroatoms. The van der Waals surface area contributed by atoms with E-state index < -0.39 is 0 Å². The van der Waals surface area contributed by atoms with Crippen LogP contribution >= 0.6 is 46.1 Å². The molecular formula is C37H34Cl3N7O4S. The third kappa shape index (κ3) is 10.7. The molecule has 1 aromatic heterocycles. The van der Waals surface area contributed by atoms with E-state index >= 15 is 0 Å². The Bertz CT molecular complexity index is 2050. The van der Waals surface area contributed by atoms with Gasteiger partial charge in [-0.25, -0.2) is 15.2 Å². The minimum absolute atomic E-state index is 0.0384. The highest BCUT2D eigenvalue weighted by Gasteiger charge is 2.20. The predicted octanol–water partition coefficient (Wildman–Crippen LogP) is 7.97. The van der Waals surface area contributed by atoms with Gasteiger partial charge in [-0.05, 0) is 66.7 Å². The van der Waals surface area contributed by atoms with Crippen molar-refractivity contribution < 1.29 is 19.4 Å². The summed E-state index contributed by atoms with van der Waals surface area (Å²) in [5.74, 6) is 0.178. The second-order valence-electron chi connectivity index (χ2n) is 11.9. The van der Waals surface area contributed by atoms with Gasteiger partial charge in [0.25, 0.3) is 5.91 Å². The molecule has 5 aromatic rings. The zero-order chi connectivity index (χ0) is 36.5.